The molecule has 1 aromatic carbocycles. The standard InChI is InChI=1S/C13H10ClNOS/c1-9(16)17-6-2-3-10-7-11-4-5-15-13(11)8-12(10)14/h4-5,7-8,15H,6H2,1H3. The lowest BCUT2D eigenvalue weighted by Gasteiger charge is -1.96. The number of aromatic amines is 1. The molecule has 2 aromatic rings. The van der Waals surface area contributed by atoms with Crippen LogP contribution in [-0.2, 0) is 4.79 Å². The zero-order chi connectivity index (χ0) is 12.3. The van der Waals surface area contributed by atoms with Crippen LogP contribution in [0, 0.1) is 11.8 Å². The van der Waals surface area contributed by atoms with Crippen LogP contribution >= 0.6 is 23.4 Å². The van der Waals surface area contributed by atoms with E-state index in [1.165, 1.54) is 18.7 Å². The topological polar surface area (TPSA) is 32.9 Å². The monoisotopic (exact) mass is 263 g/mol. The van der Waals surface area contributed by atoms with E-state index in [4.69, 9.17) is 11.6 Å². The number of hydrogen-bond donors (Lipinski definition) is 1. The second-order valence-corrected chi connectivity index (χ2v) is 5.04. The van der Waals surface area contributed by atoms with Gasteiger partial charge in [0.15, 0.2) is 5.12 Å². The molecule has 0 saturated heterocycles. The van der Waals surface area contributed by atoms with Crippen molar-refractivity contribution in [2.45, 2.75) is 6.92 Å². The molecule has 0 fully saturated rings. The van der Waals surface area contributed by atoms with E-state index < -0.39 is 0 Å². The number of thioether (sulfide) groups is 1. The van der Waals surface area contributed by atoms with Crippen molar-refractivity contribution in [3.8, 4) is 11.8 Å². The van der Waals surface area contributed by atoms with Gasteiger partial charge in [0.1, 0.15) is 0 Å². The Balaban J connectivity index is 2.22. The van der Waals surface area contributed by atoms with Crippen molar-refractivity contribution < 1.29 is 4.79 Å². The number of nitrogens with one attached hydrogen (secondary N) is 1. The van der Waals surface area contributed by atoms with Crippen molar-refractivity contribution in [2.75, 3.05) is 5.75 Å². The van der Waals surface area contributed by atoms with Crippen LogP contribution in [0.1, 0.15) is 12.5 Å². The average Bonchev–Trinajstić information content (AvgIpc) is 2.71. The number of halogens is 1. The molecular weight excluding hydrogens is 254 g/mol. The predicted molar refractivity (Wildman–Crippen MR) is 73.3 cm³/mol. The smallest absolute Gasteiger partial charge is 0.186 e. The maximum Gasteiger partial charge on any atom is 0.186 e. The quantitative estimate of drug-likeness (QED) is 0.800. The third-order valence-electron chi connectivity index (χ3n) is 2.21. The van der Waals surface area contributed by atoms with Crippen molar-refractivity contribution in [3.63, 3.8) is 0 Å². The zero-order valence-corrected chi connectivity index (χ0v) is 10.8. The highest BCUT2D eigenvalue weighted by Gasteiger charge is 2.01. The number of hydrogen-bond acceptors (Lipinski definition) is 2. The van der Waals surface area contributed by atoms with Gasteiger partial charge in [-0.1, -0.05) is 35.2 Å². The molecule has 0 aliphatic rings. The van der Waals surface area contributed by atoms with E-state index in [0.717, 1.165) is 16.5 Å². The van der Waals surface area contributed by atoms with E-state index >= 15 is 0 Å². The Kier molecular flexibility index (Phi) is 3.78. The highest BCUT2D eigenvalue weighted by molar-refractivity contribution is 8.13. The molecule has 0 atom stereocenters. The molecule has 0 aliphatic heterocycles. The average molecular weight is 264 g/mol. The number of aromatic nitrogens is 1. The molecule has 1 aromatic heterocycles. The third kappa shape index (κ3) is 3.06. The first-order chi connectivity index (χ1) is 8.16. The fourth-order valence-electron chi connectivity index (χ4n) is 1.44. The molecule has 17 heavy (non-hydrogen) atoms. The molecule has 0 saturated carbocycles. The summed E-state index contributed by atoms with van der Waals surface area (Å²) in [5, 5.41) is 1.78. The van der Waals surface area contributed by atoms with Crippen LogP contribution in [0.15, 0.2) is 24.4 Å². The lowest BCUT2D eigenvalue weighted by atomic mass is 10.1. The summed E-state index contributed by atoms with van der Waals surface area (Å²) in [4.78, 5) is 13.8. The summed E-state index contributed by atoms with van der Waals surface area (Å²) < 4.78 is 0. The van der Waals surface area contributed by atoms with E-state index in [-0.39, 0.29) is 5.12 Å². The van der Waals surface area contributed by atoms with Crippen molar-refractivity contribution in [1.29, 1.82) is 0 Å². The molecule has 0 aliphatic carbocycles. The first kappa shape index (κ1) is 12.1. The lowest BCUT2D eigenvalue weighted by Crippen LogP contribution is -1.83. The van der Waals surface area contributed by atoms with Crippen LogP contribution in [0.2, 0.25) is 5.02 Å². The third-order valence-corrected chi connectivity index (χ3v) is 3.22. The first-order valence-electron chi connectivity index (χ1n) is 5.05. The second kappa shape index (κ2) is 5.31. The van der Waals surface area contributed by atoms with E-state index in [0.29, 0.717) is 10.8 Å². The number of rotatable bonds is 1. The molecule has 2 nitrogen and oxygen atoms in total. The molecular formula is C13H10ClNOS. The Labute approximate surface area is 109 Å². The van der Waals surface area contributed by atoms with Crippen LogP contribution in [0.25, 0.3) is 10.9 Å². The summed E-state index contributed by atoms with van der Waals surface area (Å²) in [6.07, 6.45) is 1.86. The Morgan fingerprint density at radius 2 is 2.35 bits per heavy atom. The van der Waals surface area contributed by atoms with Gasteiger partial charge in [0.25, 0.3) is 0 Å². The molecule has 1 heterocycles. The van der Waals surface area contributed by atoms with Gasteiger partial charge in [0.05, 0.1) is 10.8 Å². The first-order valence-corrected chi connectivity index (χ1v) is 6.42. The molecule has 4 heteroatoms. The fourth-order valence-corrected chi connectivity index (χ4v) is 2.00. The van der Waals surface area contributed by atoms with Crippen molar-refractivity contribution in [2.24, 2.45) is 0 Å². The van der Waals surface area contributed by atoms with Crippen LogP contribution in [0.5, 0.6) is 0 Å². The summed E-state index contributed by atoms with van der Waals surface area (Å²) in [5.74, 6) is 6.41. The maximum atomic E-state index is 10.7. The number of benzene rings is 1. The van der Waals surface area contributed by atoms with E-state index in [1.54, 1.807) is 0 Å². The SMILES string of the molecule is CC(=O)SCC#Cc1cc2cc[nH]c2cc1Cl. The lowest BCUT2D eigenvalue weighted by molar-refractivity contribution is -0.109. The molecule has 86 valence electrons. The largest absolute Gasteiger partial charge is 0.361 e. The van der Waals surface area contributed by atoms with Gasteiger partial charge >= 0.3 is 0 Å². The van der Waals surface area contributed by atoms with Gasteiger partial charge in [-0.3, -0.25) is 4.79 Å². The maximum absolute atomic E-state index is 10.7. The van der Waals surface area contributed by atoms with Crippen LogP contribution in [-0.4, -0.2) is 15.9 Å². The van der Waals surface area contributed by atoms with Gasteiger partial charge in [-0.15, -0.1) is 0 Å². The summed E-state index contributed by atoms with van der Waals surface area (Å²) in [6.45, 7) is 1.53. The van der Waals surface area contributed by atoms with E-state index in [9.17, 15) is 4.79 Å². The van der Waals surface area contributed by atoms with Gasteiger partial charge in [0.2, 0.25) is 0 Å². The molecule has 1 N–H and O–H groups in total. The summed E-state index contributed by atoms with van der Waals surface area (Å²) in [6, 6.07) is 5.78. The highest BCUT2D eigenvalue weighted by Crippen LogP contribution is 2.22. The van der Waals surface area contributed by atoms with Crippen LogP contribution in [0.3, 0.4) is 0 Å². The second-order valence-electron chi connectivity index (χ2n) is 3.48. The van der Waals surface area contributed by atoms with Gasteiger partial charge in [0, 0.05) is 29.6 Å². The minimum absolute atomic E-state index is 0.0754. The van der Waals surface area contributed by atoms with Gasteiger partial charge in [-0.25, -0.2) is 0 Å². The summed E-state index contributed by atoms with van der Waals surface area (Å²) in [5.41, 5.74) is 1.79. The van der Waals surface area contributed by atoms with Gasteiger partial charge in [-0.05, 0) is 18.2 Å². The number of H-pyrrole nitrogens is 1. The van der Waals surface area contributed by atoms with Gasteiger partial charge < -0.3 is 4.98 Å². The predicted octanol–water partition coefficient (Wildman–Crippen LogP) is 3.45. The highest BCUT2D eigenvalue weighted by atomic mass is 35.5. The van der Waals surface area contributed by atoms with Gasteiger partial charge in [-0.2, -0.15) is 0 Å². The molecule has 2 rings (SSSR count). The number of carbonyl (C=O) groups is 1. The molecule has 0 radical (unpaired) electrons. The minimum Gasteiger partial charge on any atom is -0.361 e. The zero-order valence-electron chi connectivity index (χ0n) is 9.21. The summed E-state index contributed by atoms with van der Waals surface area (Å²) >= 11 is 7.31. The Morgan fingerprint density at radius 3 is 3.12 bits per heavy atom. The molecule has 0 bridgehead atoms. The molecule has 0 spiro atoms. The van der Waals surface area contributed by atoms with Crippen molar-refractivity contribution >= 4 is 39.4 Å². The molecule has 0 amide bonds. The van der Waals surface area contributed by atoms with Crippen LogP contribution < -0.4 is 0 Å². The van der Waals surface area contributed by atoms with E-state index in [2.05, 4.69) is 16.8 Å². The molecule has 0 unspecified atom stereocenters. The normalized spacial score (nSPS) is 10.0. The Bertz CT molecular complexity index is 621. The van der Waals surface area contributed by atoms with E-state index in [1.807, 2.05) is 24.4 Å². The summed E-state index contributed by atoms with van der Waals surface area (Å²) in [7, 11) is 0. The van der Waals surface area contributed by atoms with Crippen molar-refractivity contribution in [1.82, 2.24) is 4.98 Å². The number of fused-ring (bicyclic) bond motifs is 1. The van der Waals surface area contributed by atoms with Crippen molar-refractivity contribution in [3.05, 3.63) is 35.0 Å². The number of carbonyl (C=O) groups excluding carboxylic acids is 1. The Hall–Kier alpha value is -1.37. The van der Waals surface area contributed by atoms with Crippen LogP contribution in [0.4, 0.5) is 0 Å². The fraction of sp³-hybridized carbons (Fsp3) is 0.154. The minimum atomic E-state index is 0.0754. The Morgan fingerprint density at radius 1 is 1.53 bits per heavy atom.